The molecular formula is C17H21F2NO3. The van der Waals surface area contributed by atoms with Gasteiger partial charge in [-0.25, -0.2) is 13.6 Å². The average molecular weight is 325 g/mol. The number of carbonyl (C=O) groups is 2. The maximum Gasteiger partial charge on any atom is 0.335 e. The van der Waals surface area contributed by atoms with E-state index in [1.807, 2.05) is 0 Å². The van der Waals surface area contributed by atoms with Gasteiger partial charge >= 0.3 is 5.97 Å². The van der Waals surface area contributed by atoms with E-state index in [1.165, 1.54) is 12.1 Å². The molecule has 1 aliphatic carbocycles. The van der Waals surface area contributed by atoms with Crippen LogP contribution >= 0.6 is 0 Å². The Kier molecular flexibility index (Phi) is 5.34. The Morgan fingerprint density at radius 1 is 1.22 bits per heavy atom. The van der Waals surface area contributed by atoms with Gasteiger partial charge in [-0.3, -0.25) is 4.79 Å². The summed E-state index contributed by atoms with van der Waals surface area (Å²) in [7, 11) is 1.67. The number of rotatable bonds is 5. The van der Waals surface area contributed by atoms with Crippen LogP contribution < -0.4 is 0 Å². The molecule has 1 amide bonds. The fraction of sp³-hybridized carbons (Fsp3) is 0.529. The van der Waals surface area contributed by atoms with Crippen LogP contribution in [0, 0.1) is 0 Å². The number of amides is 1. The molecule has 0 aliphatic heterocycles. The number of aryl methyl sites for hydroxylation is 1. The van der Waals surface area contributed by atoms with Crippen LogP contribution in [0.2, 0.25) is 0 Å². The molecular weight excluding hydrogens is 304 g/mol. The van der Waals surface area contributed by atoms with E-state index in [9.17, 15) is 18.4 Å². The normalized spacial score (nSPS) is 17.7. The first-order chi connectivity index (χ1) is 10.8. The average Bonchev–Trinajstić information content (AvgIpc) is 2.52. The van der Waals surface area contributed by atoms with Gasteiger partial charge in [0, 0.05) is 32.4 Å². The summed E-state index contributed by atoms with van der Waals surface area (Å²) in [6.07, 6.45) is 1.14. The van der Waals surface area contributed by atoms with Crippen LogP contribution in [0.15, 0.2) is 24.3 Å². The Hall–Kier alpha value is -1.98. The summed E-state index contributed by atoms with van der Waals surface area (Å²) in [5.74, 6) is -3.64. The van der Waals surface area contributed by atoms with Crippen molar-refractivity contribution in [2.24, 2.45) is 0 Å². The quantitative estimate of drug-likeness (QED) is 0.903. The fourth-order valence-electron chi connectivity index (χ4n) is 2.86. The summed E-state index contributed by atoms with van der Waals surface area (Å²) < 4.78 is 26.3. The highest BCUT2D eigenvalue weighted by atomic mass is 19.3. The smallest absolute Gasteiger partial charge is 0.335 e. The lowest BCUT2D eigenvalue weighted by molar-refractivity contribution is -0.134. The molecule has 6 heteroatoms. The van der Waals surface area contributed by atoms with Crippen LogP contribution in [-0.4, -0.2) is 40.9 Å². The maximum atomic E-state index is 13.2. The molecule has 0 saturated heterocycles. The lowest BCUT2D eigenvalue weighted by atomic mass is 9.91. The molecule has 4 nitrogen and oxygen atoms in total. The minimum atomic E-state index is -2.59. The molecule has 0 aromatic heterocycles. The second kappa shape index (κ2) is 7.06. The molecule has 1 aromatic rings. The first-order valence-corrected chi connectivity index (χ1v) is 7.74. The van der Waals surface area contributed by atoms with Crippen molar-refractivity contribution in [3.63, 3.8) is 0 Å². The topological polar surface area (TPSA) is 57.6 Å². The second-order valence-electron chi connectivity index (χ2n) is 6.09. The van der Waals surface area contributed by atoms with Gasteiger partial charge < -0.3 is 10.0 Å². The zero-order valence-electron chi connectivity index (χ0n) is 13.1. The number of carboxylic acids is 1. The van der Waals surface area contributed by atoms with Gasteiger partial charge in [-0.15, -0.1) is 0 Å². The second-order valence-corrected chi connectivity index (χ2v) is 6.09. The standard InChI is InChI=1S/C17H21F2NO3/c1-20(14-8-10-17(18,19)11-9-14)15(21)7-4-12-2-5-13(6-3-12)16(22)23/h2-3,5-6,14H,4,7-11H2,1H3,(H,22,23). The van der Waals surface area contributed by atoms with E-state index >= 15 is 0 Å². The van der Waals surface area contributed by atoms with Crippen LogP contribution in [0.4, 0.5) is 8.78 Å². The van der Waals surface area contributed by atoms with Gasteiger partial charge in [0.25, 0.3) is 0 Å². The number of benzene rings is 1. The van der Waals surface area contributed by atoms with Gasteiger partial charge in [0.05, 0.1) is 5.56 Å². The predicted octanol–water partition coefficient (Wildman–Crippen LogP) is 3.35. The van der Waals surface area contributed by atoms with Crippen molar-refractivity contribution >= 4 is 11.9 Å². The van der Waals surface area contributed by atoms with Crippen molar-refractivity contribution in [3.05, 3.63) is 35.4 Å². The van der Waals surface area contributed by atoms with E-state index in [1.54, 1.807) is 24.1 Å². The molecule has 1 aliphatic rings. The van der Waals surface area contributed by atoms with Crippen LogP contribution in [0.25, 0.3) is 0 Å². The van der Waals surface area contributed by atoms with Crippen LogP contribution in [0.3, 0.4) is 0 Å². The Morgan fingerprint density at radius 2 is 1.78 bits per heavy atom. The van der Waals surface area contributed by atoms with Crippen molar-refractivity contribution in [2.75, 3.05) is 7.05 Å². The number of nitrogens with zero attached hydrogens (tertiary/aromatic N) is 1. The predicted molar refractivity (Wildman–Crippen MR) is 81.7 cm³/mol. The molecule has 126 valence electrons. The zero-order chi connectivity index (χ0) is 17.0. The van der Waals surface area contributed by atoms with E-state index < -0.39 is 11.9 Å². The number of alkyl halides is 2. The third-order valence-corrected chi connectivity index (χ3v) is 4.46. The molecule has 0 atom stereocenters. The fourth-order valence-corrected chi connectivity index (χ4v) is 2.86. The van der Waals surface area contributed by atoms with Gasteiger partial charge in [-0.05, 0) is 37.0 Å². The van der Waals surface area contributed by atoms with Crippen molar-refractivity contribution < 1.29 is 23.5 Å². The summed E-state index contributed by atoms with van der Waals surface area (Å²) >= 11 is 0. The zero-order valence-corrected chi connectivity index (χ0v) is 13.1. The first kappa shape index (κ1) is 17.4. The largest absolute Gasteiger partial charge is 0.478 e. The Labute approximate surface area is 134 Å². The van der Waals surface area contributed by atoms with Gasteiger partial charge in [-0.2, -0.15) is 0 Å². The van der Waals surface area contributed by atoms with Crippen molar-refractivity contribution in [1.82, 2.24) is 4.90 Å². The molecule has 0 spiro atoms. The van der Waals surface area contributed by atoms with Crippen molar-refractivity contribution in [2.45, 2.75) is 50.5 Å². The highest BCUT2D eigenvalue weighted by molar-refractivity contribution is 5.87. The number of aromatic carboxylic acids is 1. The third-order valence-electron chi connectivity index (χ3n) is 4.46. The SMILES string of the molecule is CN(C(=O)CCc1ccc(C(=O)O)cc1)C1CCC(F)(F)CC1. The van der Waals surface area contributed by atoms with Gasteiger partial charge in [0.2, 0.25) is 11.8 Å². The van der Waals surface area contributed by atoms with E-state index in [0.717, 1.165) is 5.56 Å². The summed E-state index contributed by atoms with van der Waals surface area (Å²) in [6.45, 7) is 0. The van der Waals surface area contributed by atoms with Crippen molar-refractivity contribution in [3.8, 4) is 0 Å². The summed E-state index contributed by atoms with van der Waals surface area (Å²) in [4.78, 5) is 24.6. The minimum Gasteiger partial charge on any atom is -0.478 e. The summed E-state index contributed by atoms with van der Waals surface area (Å²) in [6, 6.07) is 6.29. The Bertz CT molecular complexity index is 562. The first-order valence-electron chi connectivity index (χ1n) is 7.74. The molecule has 1 saturated carbocycles. The van der Waals surface area contributed by atoms with Gasteiger partial charge in [0.1, 0.15) is 0 Å². The van der Waals surface area contributed by atoms with E-state index in [0.29, 0.717) is 19.3 Å². The molecule has 1 fully saturated rings. The number of hydrogen-bond donors (Lipinski definition) is 1. The number of carboxylic acid groups (broad SMARTS) is 1. The molecule has 1 aromatic carbocycles. The van der Waals surface area contributed by atoms with Crippen LogP contribution in [0.1, 0.15) is 48.0 Å². The molecule has 0 radical (unpaired) electrons. The summed E-state index contributed by atoms with van der Waals surface area (Å²) in [5, 5.41) is 8.83. The highest BCUT2D eigenvalue weighted by Crippen LogP contribution is 2.34. The van der Waals surface area contributed by atoms with E-state index in [2.05, 4.69) is 0 Å². The molecule has 0 heterocycles. The number of hydrogen-bond acceptors (Lipinski definition) is 2. The minimum absolute atomic E-state index is 0.0671. The molecule has 2 rings (SSSR count). The Balaban J connectivity index is 1.83. The maximum absolute atomic E-state index is 13.2. The Morgan fingerprint density at radius 3 is 2.30 bits per heavy atom. The lowest BCUT2D eigenvalue weighted by Crippen LogP contribution is -2.41. The van der Waals surface area contributed by atoms with Crippen LogP contribution in [-0.2, 0) is 11.2 Å². The molecule has 0 unspecified atom stereocenters. The third kappa shape index (κ3) is 4.74. The molecule has 1 N–H and O–H groups in total. The van der Waals surface area contributed by atoms with Gasteiger partial charge in [-0.1, -0.05) is 12.1 Å². The van der Waals surface area contributed by atoms with E-state index in [4.69, 9.17) is 5.11 Å². The van der Waals surface area contributed by atoms with Gasteiger partial charge in [0.15, 0.2) is 0 Å². The van der Waals surface area contributed by atoms with Crippen molar-refractivity contribution in [1.29, 1.82) is 0 Å². The number of halogens is 2. The van der Waals surface area contributed by atoms with E-state index in [-0.39, 0.29) is 36.8 Å². The lowest BCUT2D eigenvalue weighted by Gasteiger charge is -2.34. The molecule has 23 heavy (non-hydrogen) atoms. The van der Waals surface area contributed by atoms with Crippen LogP contribution in [0.5, 0.6) is 0 Å². The highest BCUT2D eigenvalue weighted by Gasteiger charge is 2.36. The monoisotopic (exact) mass is 325 g/mol. The molecule has 0 bridgehead atoms. The summed E-state index contributed by atoms with van der Waals surface area (Å²) in [5.41, 5.74) is 1.09. The number of carbonyl (C=O) groups excluding carboxylic acids is 1.